The van der Waals surface area contributed by atoms with E-state index in [1.807, 2.05) is 79.1 Å². The van der Waals surface area contributed by atoms with Gasteiger partial charge < -0.3 is 24.3 Å². The maximum atomic E-state index is 4.68. The number of imidazole rings is 1. The molecule has 1 aromatic heterocycles. The maximum Gasteiger partial charge on any atom is 0.0602 e. The van der Waals surface area contributed by atoms with E-state index in [2.05, 4.69) is 181 Å². The maximum absolute atomic E-state index is 4.68. The van der Waals surface area contributed by atoms with Gasteiger partial charge in [-0.25, -0.2) is 0 Å². The topological polar surface area (TPSA) is 39.9 Å². The van der Waals surface area contributed by atoms with Crippen LogP contribution in [0.3, 0.4) is 0 Å². The van der Waals surface area contributed by atoms with Gasteiger partial charge in [0.15, 0.2) is 0 Å². The van der Waals surface area contributed by atoms with Gasteiger partial charge in [0.25, 0.3) is 0 Å². The predicted molar refractivity (Wildman–Crippen MR) is 253 cm³/mol. The number of hydrogen-bond donors (Lipinski definition) is 0. The van der Waals surface area contributed by atoms with Gasteiger partial charge in [0.05, 0.1) is 11.7 Å². The predicted octanol–water partition coefficient (Wildman–Crippen LogP) is 12.8. The average Bonchev–Trinajstić information content (AvgIpc) is 4.05. The van der Waals surface area contributed by atoms with Crippen molar-refractivity contribution in [3.63, 3.8) is 0 Å². The van der Waals surface area contributed by atoms with Crippen LogP contribution in [0, 0.1) is 66.4 Å². The number of benzene rings is 7. The van der Waals surface area contributed by atoms with Crippen molar-refractivity contribution in [1.29, 1.82) is 0 Å². The van der Waals surface area contributed by atoms with Crippen molar-refractivity contribution >= 4 is 34.3 Å². The fourth-order valence-corrected chi connectivity index (χ4v) is 8.43. The van der Waals surface area contributed by atoms with Crippen LogP contribution >= 0.6 is 0 Å². The van der Waals surface area contributed by atoms with Gasteiger partial charge in [0.2, 0.25) is 0 Å². The molecule has 0 saturated carbocycles. The Labute approximate surface area is 381 Å². The summed E-state index contributed by atoms with van der Waals surface area (Å²) < 4.78 is 2.15. The first-order valence-corrected chi connectivity index (χ1v) is 20.8. The molecule has 62 heavy (non-hydrogen) atoms. The second-order valence-corrected chi connectivity index (χ2v) is 15.5. The van der Waals surface area contributed by atoms with Crippen LogP contribution in [0.5, 0.6) is 0 Å². The second-order valence-electron chi connectivity index (χ2n) is 15.5. The van der Waals surface area contributed by atoms with Gasteiger partial charge >= 0.3 is 0 Å². The second kappa shape index (κ2) is 19.9. The third-order valence-electron chi connectivity index (χ3n) is 10.8. The van der Waals surface area contributed by atoms with E-state index in [1.165, 1.54) is 56.1 Å². The number of hydrogen-bond acceptors (Lipinski definition) is 5. The molecular formula is C55H50IrN6-4. The van der Waals surface area contributed by atoms with Crippen LogP contribution in [0.25, 0.3) is 17.1 Å². The number of para-hydroxylation sites is 4. The molecule has 0 spiro atoms. The minimum absolute atomic E-state index is 0. The van der Waals surface area contributed by atoms with Gasteiger partial charge in [0, 0.05) is 74.0 Å². The zero-order valence-electron chi connectivity index (χ0n) is 36.1. The first kappa shape index (κ1) is 43.6. The molecule has 3 heterocycles. The Morgan fingerprint density at radius 2 is 1.08 bits per heavy atom. The van der Waals surface area contributed by atoms with Gasteiger partial charge in [0.1, 0.15) is 0 Å². The number of rotatable bonds is 6. The van der Waals surface area contributed by atoms with Gasteiger partial charge in [-0.3, -0.25) is 4.98 Å². The molecule has 0 aliphatic carbocycles. The van der Waals surface area contributed by atoms with E-state index in [0.717, 1.165) is 47.3 Å². The molecule has 2 aliphatic heterocycles. The number of nitrogens with zero attached hydrogens (tertiary/aromatic N) is 6. The monoisotopic (exact) mass is 987 g/mol. The molecule has 6 nitrogen and oxygen atoms in total. The van der Waals surface area contributed by atoms with Crippen LogP contribution in [0.4, 0.5) is 28.4 Å². The minimum Gasteiger partial charge on any atom is -0.493 e. The van der Waals surface area contributed by atoms with Crippen LogP contribution < -0.4 is 14.7 Å². The average molecular weight is 987 g/mol. The van der Waals surface area contributed by atoms with Crippen LogP contribution in [0.15, 0.2) is 169 Å². The van der Waals surface area contributed by atoms with E-state index in [0.29, 0.717) is 0 Å². The van der Waals surface area contributed by atoms with Crippen LogP contribution in [-0.2, 0) is 20.1 Å². The van der Waals surface area contributed by atoms with Crippen molar-refractivity contribution in [3.05, 3.63) is 228 Å². The molecule has 0 amide bonds. The Balaban J connectivity index is 0.000000139. The van der Waals surface area contributed by atoms with Gasteiger partial charge in [-0.2, -0.15) is 30.3 Å². The molecule has 0 unspecified atom stereocenters. The zero-order chi connectivity index (χ0) is 42.3. The molecule has 0 fully saturated rings. The summed E-state index contributed by atoms with van der Waals surface area (Å²) in [7, 11) is 0. The van der Waals surface area contributed by atoms with Crippen LogP contribution in [0.2, 0.25) is 0 Å². The molecule has 1 radical (unpaired) electrons. The fraction of sp³-hybridized carbons (Fsp3) is 0.145. The standard InChI is InChI=1S/C19H14N2.C18H19N2.C18H17N2.Ir/c1-3-9-16(10-4-1)20-15-21(17-11-5-2-6-12-17)19-14-8-7-13-18(19)20;2*1-13-11-14(2)17(15(3)12-13)20-10-9-19-18(20)16-7-5-4-6-8-16;/h1-11,13-15H;4-7,11-12H,9-10H2,1-3H3;4-7,9-12H,1-3H3;/q-2;2*-1;. The van der Waals surface area contributed by atoms with E-state index in [1.54, 1.807) is 0 Å². The zero-order valence-corrected chi connectivity index (χ0v) is 38.5. The smallest absolute Gasteiger partial charge is 0.0602 e. The number of anilines is 5. The van der Waals surface area contributed by atoms with Crippen molar-refractivity contribution < 1.29 is 20.1 Å². The van der Waals surface area contributed by atoms with E-state index >= 15 is 0 Å². The number of aryl methyl sites for hydroxylation is 6. The SMILES string of the molecule is Cc1cc(C)c(-n2ccnc2-c2[c-]cccc2)c(C)c1.Cc1cc(C)c(N2CCN=C2c2[c-]cccc2)c(C)c1.[Ir].[c-]1ccccc1N1[CH-]N(c2ccccc2)c2ccccc21. The Bertz CT molecular complexity index is 2640. The third-order valence-corrected chi connectivity index (χ3v) is 10.8. The fourth-order valence-electron chi connectivity index (χ4n) is 8.43. The summed E-state index contributed by atoms with van der Waals surface area (Å²) in [6, 6.07) is 61.6. The van der Waals surface area contributed by atoms with Gasteiger partial charge in [-0.1, -0.05) is 65.7 Å². The van der Waals surface area contributed by atoms with Crippen molar-refractivity contribution in [2.45, 2.75) is 41.5 Å². The van der Waals surface area contributed by atoms with E-state index in [9.17, 15) is 0 Å². The summed E-state index contributed by atoms with van der Waals surface area (Å²) in [6.07, 6.45) is 3.86. The molecule has 0 bridgehead atoms. The molecule has 7 heteroatoms. The number of aromatic nitrogens is 2. The molecule has 8 aromatic rings. The van der Waals surface area contributed by atoms with E-state index in [-0.39, 0.29) is 20.1 Å². The third kappa shape index (κ3) is 9.50. The molecule has 0 N–H and O–H groups in total. The van der Waals surface area contributed by atoms with Crippen LogP contribution in [0.1, 0.15) is 38.9 Å². The Morgan fingerprint density at radius 1 is 0.548 bits per heavy atom. The molecule has 313 valence electrons. The number of aliphatic imine (C=N–C) groups is 1. The molecular weight excluding hydrogens is 937 g/mol. The number of amidine groups is 1. The summed E-state index contributed by atoms with van der Waals surface area (Å²) in [6.45, 7) is 16.8. The molecule has 7 aromatic carbocycles. The van der Waals surface area contributed by atoms with Crippen molar-refractivity contribution in [1.82, 2.24) is 9.55 Å². The summed E-state index contributed by atoms with van der Waals surface area (Å²) >= 11 is 0. The normalized spacial score (nSPS) is 12.7. The Morgan fingerprint density at radius 3 is 1.66 bits per heavy atom. The first-order valence-electron chi connectivity index (χ1n) is 20.8. The molecule has 0 saturated heterocycles. The number of fused-ring (bicyclic) bond motifs is 1. The van der Waals surface area contributed by atoms with Crippen molar-refractivity contribution in [2.75, 3.05) is 27.8 Å². The molecule has 2 aliphatic rings. The van der Waals surface area contributed by atoms with E-state index < -0.39 is 0 Å². The largest absolute Gasteiger partial charge is 0.493 e. The summed E-state index contributed by atoms with van der Waals surface area (Å²) in [5, 5.41) is 0. The Kier molecular flexibility index (Phi) is 14.0. The summed E-state index contributed by atoms with van der Waals surface area (Å²) in [5.41, 5.74) is 16.9. The van der Waals surface area contributed by atoms with Gasteiger partial charge in [-0.05, 0) is 88.1 Å². The van der Waals surface area contributed by atoms with Crippen molar-refractivity contribution in [2.24, 2.45) is 4.99 Å². The summed E-state index contributed by atoms with van der Waals surface area (Å²) in [4.78, 5) is 15.9. The quantitative estimate of drug-likeness (QED) is 0.156. The Hall–Kier alpha value is -6.53. The van der Waals surface area contributed by atoms with E-state index in [4.69, 9.17) is 0 Å². The van der Waals surface area contributed by atoms with Crippen molar-refractivity contribution in [3.8, 4) is 17.1 Å². The summed E-state index contributed by atoms with van der Waals surface area (Å²) in [5.74, 6) is 1.97. The minimum atomic E-state index is 0. The molecule has 10 rings (SSSR count). The molecule has 0 atom stereocenters. The first-order chi connectivity index (χ1) is 29.8. The van der Waals surface area contributed by atoms with Gasteiger partial charge in [-0.15, -0.1) is 84.1 Å². The van der Waals surface area contributed by atoms with Crippen LogP contribution in [-0.4, -0.2) is 28.5 Å².